The molecule has 4 aliphatic rings. The fraction of sp³-hybridized carbons (Fsp3) is 0.452. The summed E-state index contributed by atoms with van der Waals surface area (Å²) < 4.78 is 51.1. The predicted molar refractivity (Wildman–Crippen MR) is 144 cm³/mol. The summed E-state index contributed by atoms with van der Waals surface area (Å²) in [5.41, 5.74) is 0.175. The molecule has 1 amide bonds. The summed E-state index contributed by atoms with van der Waals surface area (Å²) in [6.07, 6.45) is 2.31. The van der Waals surface area contributed by atoms with E-state index in [2.05, 4.69) is 17.5 Å². The van der Waals surface area contributed by atoms with Gasteiger partial charge in [0.2, 0.25) is 5.91 Å². The molecule has 2 bridgehead atoms. The molecule has 1 saturated heterocycles. The first kappa shape index (κ1) is 26.9. The van der Waals surface area contributed by atoms with Crippen LogP contribution in [0.15, 0.2) is 55.1 Å². The molecule has 0 radical (unpaired) electrons. The number of carbonyl (C=O) groups is 1. The molecule has 2 aliphatic carbocycles. The van der Waals surface area contributed by atoms with E-state index in [0.29, 0.717) is 49.3 Å². The van der Waals surface area contributed by atoms with Crippen LogP contribution in [0.2, 0.25) is 0 Å². The zero-order valence-corrected chi connectivity index (χ0v) is 22.6. The summed E-state index contributed by atoms with van der Waals surface area (Å²) in [6.45, 7) is 5.38. The number of ether oxygens (including phenoxy) is 2. The number of hydrogen-bond donors (Lipinski definition) is 1. The summed E-state index contributed by atoms with van der Waals surface area (Å²) in [5.74, 6) is 0.994. The number of alkyl halides is 3. The topological polar surface area (TPSA) is 62.2 Å². The van der Waals surface area contributed by atoms with E-state index >= 15 is 0 Å². The molecule has 2 unspecified atom stereocenters. The normalized spacial score (nSPS) is 30.5. The van der Waals surface area contributed by atoms with Gasteiger partial charge in [-0.2, -0.15) is 13.2 Å². The monoisotopic (exact) mass is 554 g/mol. The maximum absolute atomic E-state index is 13.4. The van der Waals surface area contributed by atoms with Crippen LogP contribution in [0.4, 0.5) is 13.2 Å². The van der Waals surface area contributed by atoms with E-state index in [1.54, 1.807) is 19.1 Å². The smallest absolute Gasteiger partial charge is 0.416 e. The molecule has 6 rings (SSSR count). The van der Waals surface area contributed by atoms with Crippen LogP contribution in [-0.4, -0.2) is 71.8 Å². The Morgan fingerprint density at radius 1 is 1.25 bits per heavy atom. The van der Waals surface area contributed by atoms with Crippen LogP contribution in [0.25, 0.3) is 6.08 Å². The van der Waals surface area contributed by atoms with E-state index in [1.807, 2.05) is 12.1 Å². The lowest BCUT2D eigenvalue weighted by Crippen LogP contribution is -2.78. The van der Waals surface area contributed by atoms with Crippen molar-refractivity contribution >= 4 is 12.0 Å². The van der Waals surface area contributed by atoms with Gasteiger partial charge < -0.3 is 19.5 Å². The first-order valence-corrected chi connectivity index (χ1v) is 13.6. The Morgan fingerprint density at radius 3 is 2.67 bits per heavy atom. The van der Waals surface area contributed by atoms with Crippen molar-refractivity contribution in [2.24, 2.45) is 0 Å². The van der Waals surface area contributed by atoms with E-state index in [-0.39, 0.29) is 18.0 Å². The van der Waals surface area contributed by atoms with Gasteiger partial charge in [-0.05, 0) is 67.6 Å². The van der Waals surface area contributed by atoms with Crippen LogP contribution >= 0.6 is 0 Å². The van der Waals surface area contributed by atoms with Gasteiger partial charge in [0.15, 0.2) is 11.5 Å². The molecule has 6 nitrogen and oxygen atoms in total. The van der Waals surface area contributed by atoms with E-state index in [1.165, 1.54) is 24.3 Å². The van der Waals surface area contributed by atoms with Crippen LogP contribution < -0.4 is 9.47 Å². The van der Waals surface area contributed by atoms with Crippen molar-refractivity contribution < 1.29 is 32.5 Å². The average molecular weight is 555 g/mol. The zero-order chi connectivity index (χ0) is 28.4. The highest BCUT2D eigenvalue weighted by molar-refractivity contribution is 5.92. The van der Waals surface area contributed by atoms with Crippen molar-refractivity contribution in [3.05, 3.63) is 77.4 Å². The minimum Gasteiger partial charge on any atom is -0.493 e. The molecule has 40 heavy (non-hydrogen) atoms. The Hall–Kier alpha value is -3.30. The van der Waals surface area contributed by atoms with Crippen molar-refractivity contribution in [1.82, 2.24) is 9.80 Å². The van der Waals surface area contributed by atoms with Gasteiger partial charge in [0.05, 0.1) is 29.7 Å². The maximum Gasteiger partial charge on any atom is 0.416 e. The Labute approximate surface area is 231 Å². The third-order valence-electron chi connectivity index (χ3n) is 9.61. The lowest BCUT2D eigenvalue weighted by molar-refractivity contribution is -0.198. The fourth-order valence-corrected chi connectivity index (χ4v) is 7.77. The molecule has 2 aliphatic heterocycles. The number of amides is 1. The van der Waals surface area contributed by atoms with Gasteiger partial charge >= 0.3 is 6.18 Å². The molecule has 1 N–H and O–H groups in total. The van der Waals surface area contributed by atoms with Crippen LogP contribution in [-0.2, 0) is 22.8 Å². The van der Waals surface area contributed by atoms with E-state index in [0.717, 1.165) is 29.8 Å². The number of hydrogen-bond acceptors (Lipinski definition) is 5. The maximum atomic E-state index is 13.4. The molecular formula is C31H33F3N2O4. The number of nitrogens with zero attached hydrogens (tertiary/aromatic N) is 2. The number of piperidine rings is 1. The highest BCUT2D eigenvalue weighted by Crippen LogP contribution is 2.65. The predicted octanol–water partition coefficient (Wildman–Crippen LogP) is 4.59. The van der Waals surface area contributed by atoms with Gasteiger partial charge in [0, 0.05) is 31.3 Å². The molecule has 5 atom stereocenters. The van der Waals surface area contributed by atoms with Crippen LogP contribution in [0.5, 0.6) is 11.5 Å². The number of rotatable bonds is 6. The molecule has 2 fully saturated rings. The van der Waals surface area contributed by atoms with Crippen molar-refractivity contribution in [1.29, 1.82) is 0 Å². The molecule has 2 aromatic carbocycles. The molecule has 1 spiro atoms. The van der Waals surface area contributed by atoms with Crippen molar-refractivity contribution in [3.8, 4) is 11.5 Å². The number of likely N-dealkylation sites (tertiary alicyclic amines) is 1. The Kier molecular flexibility index (Phi) is 6.31. The average Bonchev–Trinajstić information content (AvgIpc) is 3.28. The van der Waals surface area contributed by atoms with Crippen molar-refractivity contribution in [2.45, 2.75) is 61.1 Å². The van der Waals surface area contributed by atoms with Gasteiger partial charge in [-0.25, -0.2) is 0 Å². The first-order chi connectivity index (χ1) is 19.0. The summed E-state index contributed by atoms with van der Waals surface area (Å²) in [6, 6.07) is 8.26. The summed E-state index contributed by atoms with van der Waals surface area (Å²) in [7, 11) is 3.33. The number of benzene rings is 2. The minimum atomic E-state index is -4.41. The Bertz CT molecular complexity index is 1370. The van der Waals surface area contributed by atoms with E-state index in [4.69, 9.17) is 9.47 Å². The molecule has 2 heterocycles. The second-order valence-corrected chi connectivity index (χ2v) is 11.3. The molecule has 9 heteroatoms. The van der Waals surface area contributed by atoms with Gasteiger partial charge in [0.1, 0.15) is 6.10 Å². The highest BCUT2D eigenvalue weighted by Gasteiger charge is 2.73. The van der Waals surface area contributed by atoms with Gasteiger partial charge in [-0.15, -0.1) is 6.58 Å². The highest BCUT2D eigenvalue weighted by atomic mass is 19.4. The minimum absolute atomic E-state index is 0.0984. The quantitative estimate of drug-likeness (QED) is 0.418. The lowest BCUT2D eigenvalue weighted by atomic mass is 9.48. The van der Waals surface area contributed by atoms with Crippen LogP contribution in [0.3, 0.4) is 0 Å². The zero-order valence-electron chi connectivity index (χ0n) is 22.6. The number of aliphatic hydroxyl groups is 1. The third kappa shape index (κ3) is 3.74. The van der Waals surface area contributed by atoms with E-state index in [9.17, 15) is 23.1 Å². The van der Waals surface area contributed by atoms with Crippen molar-refractivity contribution in [3.63, 3.8) is 0 Å². The summed E-state index contributed by atoms with van der Waals surface area (Å²) in [4.78, 5) is 17.3. The number of likely N-dealkylation sites (N-methyl/N-ethyl adjacent to an activating group) is 1. The molecule has 212 valence electrons. The van der Waals surface area contributed by atoms with Crippen LogP contribution in [0, 0.1) is 0 Å². The second-order valence-electron chi connectivity index (χ2n) is 11.3. The summed E-state index contributed by atoms with van der Waals surface area (Å²) >= 11 is 0. The van der Waals surface area contributed by atoms with E-state index < -0.39 is 28.9 Å². The molecular weight excluding hydrogens is 521 g/mol. The number of halogens is 3. The second kappa shape index (κ2) is 9.38. The molecule has 2 aromatic rings. The number of carbonyl (C=O) groups excluding carboxylic acids is 1. The Morgan fingerprint density at radius 2 is 2.00 bits per heavy atom. The van der Waals surface area contributed by atoms with Gasteiger partial charge in [0.25, 0.3) is 0 Å². The molecule has 0 aromatic heterocycles. The Balaban J connectivity index is 1.33. The van der Waals surface area contributed by atoms with Gasteiger partial charge in [-0.3, -0.25) is 9.69 Å². The third-order valence-corrected chi connectivity index (χ3v) is 9.61. The number of methoxy groups -OCH3 is 1. The van der Waals surface area contributed by atoms with Crippen LogP contribution in [0.1, 0.15) is 41.5 Å². The molecule has 1 saturated carbocycles. The standard InChI is InChI=1S/C31H33F3N2O4/c1-4-16-36-17-15-29-26-20-8-11-23(39-3)27(26)40-28(29)22(13-14-30(29,38)24(36)18-20)35(2)25(37)12-7-19-5-9-21(10-6-19)31(32,33)34/h4-12,22,24,28,38H,1,13-18H2,2-3H3/b12-7+/t22?,24-,28?,29+,30-/m1/s1. The SMILES string of the molecule is C=CCN1CC[C@]23c4c5ccc(OC)c4OC2C(N(C)C(=O)/C=C/c2ccc(C(F)(F)F)cc2)CC[C@@]3(O)[C@H]1C5. The summed E-state index contributed by atoms with van der Waals surface area (Å²) in [5, 5.41) is 12.5. The van der Waals surface area contributed by atoms with Crippen molar-refractivity contribution in [2.75, 3.05) is 27.2 Å². The fourth-order valence-electron chi connectivity index (χ4n) is 7.77. The largest absolute Gasteiger partial charge is 0.493 e. The lowest BCUT2D eigenvalue weighted by Gasteiger charge is -2.64. The van der Waals surface area contributed by atoms with Gasteiger partial charge in [-0.1, -0.05) is 24.3 Å². The first-order valence-electron chi connectivity index (χ1n) is 13.6.